The largest absolute Gasteiger partial charge is 0.352 e. The molecular formula is C16H16ClNOS. The molecule has 0 spiro atoms. The van der Waals surface area contributed by atoms with Crippen molar-refractivity contribution in [2.75, 3.05) is 6.54 Å². The lowest BCUT2D eigenvalue weighted by Crippen LogP contribution is -2.25. The zero-order chi connectivity index (χ0) is 14.4. The summed E-state index contributed by atoms with van der Waals surface area (Å²) in [5, 5.41) is 2.90. The summed E-state index contributed by atoms with van der Waals surface area (Å²) < 4.78 is 0.725. The second-order valence-corrected chi connectivity index (χ2v) is 6.28. The molecule has 0 aliphatic heterocycles. The van der Waals surface area contributed by atoms with Gasteiger partial charge in [-0.2, -0.15) is 0 Å². The maximum atomic E-state index is 11.7. The third kappa shape index (κ3) is 4.51. The van der Waals surface area contributed by atoms with Crippen LogP contribution < -0.4 is 5.32 Å². The van der Waals surface area contributed by atoms with Gasteiger partial charge in [0.1, 0.15) is 0 Å². The molecule has 1 N–H and O–H groups in total. The van der Waals surface area contributed by atoms with Gasteiger partial charge in [-0.1, -0.05) is 48.9 Å². The Morgan fingerprint density at radius 3 is 2.70 bits per heavy atom. The van der Waals surface area contributed by atoms with Crippen LogP contribution >= 0.6 is 22.9 Å². The number of halogens is 1. The minimum absolute atomic E-state index is 0.0858. The van der Waals surface area contributed by atoms with Crippen molar-refractivity contribution in [3.63, 3.8) is 0 Å². The molecule has 0 radical (unpaired) electrons. The lowest BCUT2D eigenvalue weighted by atomic mass is 10.0. The highest BCUT2D eigenvalue weighted by atomic mass is 35.5. The molecule has 0 aliphatic rings. The molecule has 104 valence electrons. The Hall–Kier alpha value is -1.58. The number of carbonyl (C=O) groups excluding carboxylic acids is 1. The van der Waals surface area contributed by atoms with Gasteiger partial charge in [-0.05, 0) is 29.7 Å². The number of hydrogen-bond donors (Lipinski definition) is 1. The summed E-state index contributed by atoms with van der Waals surface area (Å²) in [6, 6.07) is 13.9. The Balaban J connectivity index is 1.82. The molecule has 4 heteroatoms. The van der Waals surface area contributed by atoms with Gasteiger partial charge in [0, 0.05) is 17.5 Å². The number of carbonyl (C=O) groups is 1. The third-order valence-corrected chi connectivity index (χ3v) is 4.14. The van der Waals surface area contributed by atoms with Crippen LogP contribution in [0.15, 0.2) is 48.5 Å². The Labute approximate surface area is 128 Å². The van der Waals surface area contributed by atoms with E-state index in [-0.39, 0.29) is 5.91 Å². The highest BCUT2D eigenvalue weighted by Gasteiger charge is 2.05. The van der Waals surface area contributed by atoms with Gasteiger partial charge in [-0.25, -0.2) is 0 Å². The SMILES string of the molecule is CC(CNC(=O)/C=C/c1ccc(Cl)s1)c1ccccc1. The van der Waals surface area contributed by atoms with Crippen LogP contribution in [0.3, 0.4) is 0 Å². The quantitative estimate of drug-likeness (QED) is 0.818. The maximum absolute atomic E-state index is 11.7. The summed E-state index contributed by atoms with van der Waals surface area (Å²) in [5.41, 5.74) is 1.22. The number of rotatable bonds is 5. The van der Waals surface area contributed by atoms with Crippen LogP contribution in [-0.2, 0) is 4.79 Å². The smallest absolute Gasteiger partial charge is 0.244 e. The van der Waals surface area contributed by atoms with E-state index in [0.29, 0.717) is 12.5 Å². The van der Waals surface area contributed by atoms with Gasteiger partial charge in [0.2, 0.25) is 5.91 Å². The van der Waals surface area contributed by atoms with Crippen LogP contribution in [0.25, 0.3) is 6.08 Å². The van der Waals surface area contributed by atoms with Gasteiger partial charge in [0.25, 0.3) is 0 Å². The first-order valence-electron chi connectivity index (χ1n) is 6.41. The molecule has 1 aromatic carbocycles. The van der Waals surface area contributed by atoms with Crippen molar-refractivity contribution in [1.82, 2.24) is 5.32 Å². The van der Waals surface area contributed by atoms with Crippen LogP contribution in [-0.4, -0.2) is 12.5 Å². The van der Waals surface area contributed by atoms with Crippen molar-refractivity contribution in [3.05, 3.63) is 63.3 Å². The lowest BCUT2D eigenvalue weighted by molar-refractivity contribution is -0.116. The van der Waals surface area contributed by atoms with Crippen molar-refractivity contribution >= 4 is 34.9 Å². The van der Waals surface area contributed by atoms with Gasteiger partial charge in [-0.3, -0.25) is 4.79 Å². The average Bonchev–Trinajstić information content (AvgIpc) is 2.89. The number of nitrogens with one attached hydrogen (secondary N) is 1. The second kappa shape index (κ2) is 7.27. The van der Waals surface area contributed by atoms with Gasteiger partial charge in [-0.15, -0.1) is 11.3 Å². The summed E-state index contributed by atoms with van der Waals surface area (Å²) >= 11 is 7.28. The van der Waals surface area contributed by atoms with E-state index in [1.807, 2.05) is 30.3 Å². The van der Waals surface area contributed by atoms with Crippen LogP contribution in [0.1, 0.15) is 23.3 Å². The van der Waals surface area contributed by atoms with Crippen molar-refractivity contribution in [2.24, 2.45) is 0 Å². The van der Waals surface area contributed by atoms with E-state index in [1.54, 1.807) is 12.2 Å². The molecular weight excluding hydrogens is 290 g/mol. The normalized spacial score (nSPS) is 12.5. The molecule has 0 saturated carbocycles. The molecule has 20 heavy (non-hydrogen) atoms. The Morgan fingerprint density at radius 1 is 1.30 bits per heavy atom. The third-order valence-electron chi connectivity index (χ3n) is 2.94. The zero-order valence-electron chi connectivity index (χ0n) is 11.2. The summed E-state index contributed by atoms with van der Waals surface area (Å²) in [6.45, 7) is 2.72. The number of amides is 1. The van der Waals surface area contributed by atoms with E-state index in [2.05, 4.69) is 24.4 Å². The standard InChI is InChI=1S/C16H16ClNOS/c1-12(13-5-3-2-4-6-13)11-18-16(19)10-8-14-7-9-15(17)20-14/h2-10,12H,11H2,1H3,(H,18,19)/b10-8+. The Morgan fingerprint density at radius 2 is 2.05 bits per heavy atom. The molecule has 2 nitrogen and oxygen atoms in total. The van der Waals surface area contributed by atoms with Crippen LogP contribution in [0.2, 0.25) is 4.34 Å². The molecule has 0 fully saturated rings. The predicted octanol–water partition coefficient (Wildman–Crippen LogP) is 4.33. The highest BCUT2D eigenvalue weighted by molar-refractivity contribution is 7.17. The van der Waals surface area contributed by atoms with Gasteiger partial charge >= 0.3 is 0 Å². The van der Waals surface area contributed by atoms with E-state index >= 15 is 0 Å². The van der Waals surface area contributed by atoms with E-state index < -0.39 is 0 Å². The summed E-state index contributed by atoms with van der Waals surface area (Å²) in [6.07, 6.45) is 3.32. The number of thiophene rings is 1. The topological polar surface area (TPSA) is 29.1 Å². The zero-order valence-corrected chi connectivity index (χ0v) is 12.7. The van der Waals surface area contributed by atoms with Crippen LogP contribution in [0, 0.1) is 0 Å². The minimum atomic E-state index is -0.0858. The van der Waals surface area contributed by atoms with Crippen LogP contribution in [0.5, 0.6) is 0 Å². The fourth-order valence-corrected chi connectivity index (χ4v) is 2.75. The van der Waals surface area contributed by atoms with E-state index in [1.165, 1.54) is 16.9 Å². The Bertz CT molecular complexity index is 592. The number of hydrogen-bond acceptors (Lipinski definition) is 2. The Kier molecular flexibility index (Phi) is 5.39. The minimum Gasteiger partial charge on any atom is -0.352 e. The van der Waals surface area contributed by atoms with Crippen LogP contribution in [0.4, 0.5) is 0 Å². The van der Waals surface area contributed by atoms with Gasteiger partial charge in [0.05, 0.1) is 4.34 Å². The average molecular weight is 306 g/mol. The van der Waals surface area contributed by atoms with Crippen molar-refractivity contribution in [2.45, 2.75) is 12.8 Å². The highest BCUT2D eigenvalue weighted by Crippen LogP contribution is 2.22. The predicted molar refractivity (Wildman–Crippen MR) is 86.2 cm³/mol. The molecule has 1 atom stereocenters. The molecule has 2 aromatic rings. The van der Waals surface area contributed by atoms with E-state index in [4.69, 9.17) is 11.6 Å². The molecule has 1 amide bonds. The molecule has 1 heterocycles. The molecule has 0 saturated heterocycles. The first kappa shape index (κ1) is 14.8. The lowest BCUT2D eigenvalue weighted by Gasteiger charge is -2.11. The molecule has 0 bridgehead atoms. The molecule has 1 aromatic heterocycles. The van der Waals surface area contributed by atoms with E-state index in [9.17, 15) is 4.79 Å². The second-order valence-electron chi connectivity index (χ2n) is 4.53. The van der Waals surface area contributed by atoms with Crippen molar-refractivity contribution in [3.8, 4) is 0 Å². The van der Waals surface area contributed by atoms with Crippen molar-refractivity contribution < 1.29 is 4.79 Å². The maximum Gasteiger partial charge on any atom is 0.244 e. The van der Waals surface area contributed by atoms with E-state index in [0.717, 1.165) is 9.21 Å². The first-order valence-corrected chi connectivity index (χ1v) is 7.61. The monoisotopic (exact) mass is 305 g/mol. The van der Waals surface area contributed by atoms with Gasteiger partial charge < -0.3 is 5.32 Å². The fourth-order valence-electron chi connectivity index (χ4n) is 1.79. The van der Waals surface area contributed by atoms with Crippen molar-refractivity contribution in [1.29, 1.82) is 0 Å². The summed E-state index contributed by atoms with van der Waals surface area (Å²) in [5.74, 6) is 0.210. The fraction of sp³-hybridized carbons (Fsp3) is 0.188. The molecule has 0 aliphatic carbocycles. The van der Waals surface area contributed by atoms with Gasteiger partial charge in [0.15, 0.2) is 0 Å². The molecule has 1 unspecified atom stereocenters. The summed E-state index contributed by atoms with van der Waals surface area (Å²) in [4.78, 5) is 12.7. The molecule has 2 rings (SSSR count). The number of benzene rings is 1. The first-order chi connectivity index (χ1) is 9.65. The summed E-state index contributed by atoms with van der Waals surface area (Å²) in [7, 11) is 0.